The number of rotatable bonds is 4. The second-order valence-corrected chi connectivity index (χ2v) is 14.8. The van der Waals surface area contributed by atoms with Gasteiger partial charge in [-0.3, -0.25) is 0 Å². The molecule has 0 aliphatic carbocycles. The molecule has 0 N–H and O–H groups in total. The van der Waals surface area contributed by atoms with Crippen LogP contribution < -0.4 is 0 Å². The van der Waals surface area contributed by atoms with Gasteiger partial charge in [-0.05, 0) is 0 Å². The molecule has 0 aromatic carbocycles. The van der Waals surface area contributed by atoms with E-state index < -0.39 is 20.6 Å². The summed E-state index contributed by atoms with van der Waals surface area (Å²) in [6.45, 7) is 26.2. The van der Waals surface area contributed by atoms with E-state index in [4.69, 9.17) is 0 Å². The molecule has 0 unspecified atom stereocenters. The second kappa shape index (κ2) is 6.66. The molecule has 0 atom stereocenters. The number of hydrogen-bond acceptors (Lipinski definition) is 3. The Kier molecular flexibility index (Phi) is 6.25. The molecule has 0 aromatic rings. The van der Waals surface area contributed by atoms with Gasteiger partial charge in [0.05, 0.1) is 0 Å². The number of hydrogen-bond donors (Lipinski definition) is 0. The quantitative estimate of drug-likeness (QED) is 0.657. The summed E-state index contributed by atoms with van der Waals surface area (Å²) >= 11 is -1.99. The molecular weight excluding hydrogens is 365 g/mol. The molecule has 0 spiro atoms. The topological polar surface area (TPSA) is 9.72 Å². The van der Waals surface area contributed by atoms with Gasteiger partial charge in [-0.25, -0.2) is 0 Å². The molecule has 0 aromatic heterocycles. The van der Waals surface area contributed by atoms with Crippen molar-refractivity contribution in [3.8, 4) is 0 Å². The van der Waals surface area contributed by atoms with Crippen molar-refractivity contribution >= 4 is 20.6 Å². The Bertz CT molecular complexity index is 311. The van der Waals surface area contributed by atoms with Crippen LogP contribution in [0.15, 0.2) is 0 Å². The first-order valence-corrected chi connectivity index (χ1v) is 12.4. The van der Waals surface area contributed by atoms with Crippen LogP contribution in [0.4, 0.5) is 0 Å². The summed E-state index contributed by atoms with van der Waals surface area (Å²) in [6.07, 6.45) is 1.85. The average Bonchev–Trinajstić information content (AvgIpc) is 2.17. The van der Waals surface area contributed by atoms with Crippen LogP contribution in [-0.4, -0.2) is 59.3 Å². The Morgan fingerprint density at radius 3 is 1.38 bits per heavy atom. The van der Waals surface area contributed by atoms with Gasteiger partial charge in [-0.2, -0.15) is 0 Å². The second-order valence-electron chi connectivity index (χ2n) is 8.87. The van der Waals surface area contributed by atoms with Gasteiger partial charge in [0.25, 0.3) is 0 Å². The molecule has 1 radical (unpaired) electrons. The fourth-order valence-electron chi connectivity index (χ4n) is 3.61. The van der Waals surface area contributed by atoms with Gasteiger partial charge in [0.2, 0.25) is 0 Å². The van der Waals surface area contributed by atoms with Crippen molar-refractivity contribution in [2.75, 3.05) is 0 Å². The first-order valence-electron chi connectivity index (χ1n) is 8.58. The molecule has 3 nitrogen and oxygen atoms in total. The SMILES string of the molecule is CCC1[N](C(C)(C)C)[Sn]([N](C(C)C)C(C)C)[N]1C(C)(C)C. The van der Waals surface area contributed by atoms with Crippen molar-refractivity contribution in [1.82, 2.24) is 9.36 Å². The van der Waals surface area contributed by atoms with Crippen LogP contribution in [0.5, 0.6) is 0 Å². The van der Waals surface area contributed by atoms with E-state index in [1.807, 2.05) is 0 Å². The van der Waals surface area contributed by atoms with Gasteiger partial charge in [0.1, 0.15) is 0 Å². The summed E-state index contributed by atoms with van der Waals surface area (Å²) in [5.74, 6) is 0. The zero-order valence-electron chi connectivity index (χ0n) is 16.3. The zero-order valence-corrected chi connectivity index (χ0v) is 19.1. The predicted octanol–water partition coefficient (Wildman–Crippen LogP) is 4.04. The molecular formula is C17H38N3Sn. The molecule has 1 aliphatic heterocycles. The van der Waals surface area contributed by atoms with E-state index in [0.29, 0.717) is 18.2 Å². The van der Waals surface area contributed by atoms with Crippen molar-refractivity contribution in [3.05, 3.63) is 0 Å². The molecule has 0 bridgehead atoms. The molecule has 1 aliphatic rings. The Labute approximate surface area is 141 Å². The van der Waals surface area contributed by atoms with Crippen molar-refractivity contribution in [1.29, 1.82) is 0 Å². The third kappa shape index (κ3) is 3.96. The Balaban J connectivity index is 3.25. The first kappa shape index (κ1) is 19.7. The third-order valence-electron chi connectivity index (χ3n) is 4.18. The van der Waals surface area contributed by atoms with Crippen LogP contribution in [0.1, 0.15) is 82.6 Å². The first-order chi connectivity index (χ1) is 9.34. The molecule has 21 heavy (non-hydrogen) atoms. The van der Waals surface area contributed by atoms with E-state index in [-0.39, 0.29) is 11.1 Å². The van der Waals surface area contributed by atoms with Crippen LogP contribution in [0.3, 0.4) is 0 Å². The molecule has 4 heteroatoms. The van der Waals surface area contributed by atoms with Gasteiger partial charge >= 0.3 is 142 Å². The fourth-order valence-corrected chi connectivity index (χ4v) is 14.5. The van der Waals surface area contributed by atoms with E-state index in [2.05, 4.69) is 85.5 Å². The Morgan fingerprint density at radius 2 is 1.19 bits per heavy atom. The number of nitrogens with zero attached hydrogens (tertiary/aromatic N) is 3. The van der Waals surface area contributed by atoms with Crippen molar-refractivity contribution < 1.29 is 0 Å². The summed E-state index contributed by atoms with van der Waals surface area (Å²) in [5, 5.41) is 0. The van der Waals surface area contributed by atoms with Crippen LogP contribution in [-0.2, 0) is 0 Å². The summed E-state index contributed by atoms with van der Waals surface area (Å²) in [6, 6.07) is 1.26. The van der Waals surface area contributed by atoms with E-state index in [1.54, 1.807) is 0 Å². The minimum absolute atomic E-state index is 0.277. The third-order valence-corrected chi connectivity index (χ3v) is 16.4. The van der Waals surface area contributed by atoms with Crippen LogP contribution in [0.25, 0.3) is 0 Å². The van der Waals surface area contributed by atoms with E-state index in [1.165, 1.54) is 6.42 Å². The predicted molar refractivity (Wildman–Crippen MR) is 95.1 cm³/mol. The summed E-state index contributed by atoms with van der Waals surface area (Å²) in [5.41, 5.74) is 0.554. The maximum atomic E-state index is 2.90. The van der Waals surface area contributed by atoms with Crippen molar-refractivity contribution in [3.63, 3.8) is 0 Å². The standard InChI is InChI=1S/C11H24N2.C6H14N.Sn/c1-8-9(12-10(2,3)4)13-11(5,6)7;1-5(2)7-6(3)4;/h9H,8H2,1-7H3;5-6H,1-4H3;/q-2;-1;+3. The van der Waals surface area contributed by atoms with Gasteiger partial charge in [0.15, 0.2) is 0 Å². The fraction of sp³-hybridized carbons (Fsp3) is 1.00. The van der Waals surface area contributed by atoms with E-state index >= 15 is 0 Å². The molecule has 0 amide bonds. The van der Waals surface area contributed by atoms with Crippen LogP contribution >= 0.6 is 0 Å². The van der Waals surface area contributed by atoms with Gasteiger partial charge in [0, 0.05) is 0 Å². The zero-order chi connectivity index (χ0) is 16.7. The van der Waals surface area contributed by atoms with Gasteiger partial charge < -0.3 is 0 Å². The van der Waals surface area contributed by atoms with Gasteiger partial charge in [-0.1, -0.05) is 0 Å². The van der Waals surface area contributed by atoms with E-state index in [0.717, 1.165) is 0 Å². The van der Waals surface area contributed by atoms with Gasteiger partial charge in [-0.15, -0.1) is 0 Å². The Hall–Kier alpha value is 0.679. The summed E-state index contributed by atoms with van der Waals surface area (Å²) in [4.78, 5) is 0. The molecule has 1 rings (SSSR count). The summed E-state index contributed by atoms with van der Waals surface area (Å²) in [7, 11) is 0. The van der Waals surface area contributed by atoms with Crippen molar-refractivity contribution in [2.24, 2.45) is 0 Å². The average molecular weight is 403 g/mol. The molecule has 1 heterocycles. The molecule has 0 saturated carbocycles. The van der Waals surface area contributed by atoms with E-state index in [9.17, 15) is 0 Å². The monoisotopic (exact) mass is 404 g/mol. The molecule has 1 saturated heterocycles. The van der Waals surface area contributed by atoms with Crippen molar-refractivity contribution in [2.45, 2.75) is 112 Å². The Morgan fingerprint density at radius 1 is 0.857 bits per heavy atom. The van der Waals surface area contributed by atoms with Crippen LogP contribution in [0, 0.1) is 0 Å². The maximum absolute atomic E-state index is 2.90. The minimum atomic E-state index is -1.99. The normalized spacial score (nSPS) is 20.9. The molecule has 125 valence electrons. The molecule has 1 fully saturated rings. The van der Waals surface area contributed by atoms with Crippen LogP contribution in [0.2, 0.25) is 0 Å². The summed E-state index contributed by atoms with van der Waals surface area (Å²) < 4.78 is 8.66.